The average Bonchev–Trinajstić information content (AvgIpc) is 2.86. The van der Waals surface area contributed by atoms with Gasteiger partial charge in [-0.25, -0.2) is 9.97 Å². The zero-order chi connectivity index (χ0) is 23.6. The largest absolute Gasteiger partial charge is 0.487 e. The first-order chi connectivity index (χ1) is 16.7. The van der Waals surface area contributed by atoms with Crippen LogP contribution in [-0.4, -0.2) is 47.3 Å². The molecule has 1 aliphatic rings. The molecule has 0 amide bonds. The first-order valence-electron chi connectivity index (χ1n) is 11.4. The third kappa shape index (κ3) is 6.82. The number of nitrogen functional groups attached to an aromatic ring is 1. The highest BCUT2D eigenvalue weighted by atomic mass is 35.5. The highest BCUT2D eigenvalue weighted by Gasteiger charge is 2.11. The standard InChI is InChI=1S/C25H29ClN6O2/c26-22-15-20(9-10-23(22)33-17-19-7-3-1-4-8-19)31-25-21(24(27)28-18-29-25)16-30-34-14-13-32-11-5-2-6-12-32/h1,3-4,7-10,15-16,18H,2,5-6,11-14,17H2,(H3,27,28,29,31)/b30-16+. The molecule has 2 heterocycles. The van der Waals surface area contributed by atoms with Crippen LogP contribution in [0.15, 0.2) is 60.0 Å². The molecule has 0 bridgehead atoms. The first-order valence-corrected chi connectivity index (χ1v) is 11.8. The van der Waals surface area contributed by atoms with Gasteiger partial charge in [-0.05, 0) is 49.7 Å². The number of nitrogens with one attached hydrogen (secondary N) is 1. The van der Waals surface area contributed by atoms with E-state index in [2.05, 4.69) is 25.3 Å². The van der Waals surface area contributed by atoms with Crippen molar-refractivity contribution < 1.29 is 9.57 Å². The minimum atomic E-state index is 0.301. The summed E-state index contributed by atoms with van der Waals surface area (Å²) in [4.78, 5) is 16.2. The SMILES string of the molecule is Nc1ncnc(Nc2ccc(OCc3ccccc3)c(Cl)c2)c1/C=N/OCCN1CCCCC1. The molecule has 1 aromatic heterocycles. The van der Waals surface area contributed by atoms with E-state index in [1.807, 2.05) is 42.5 Å². The minimum absolute atomic E-state index is 0.301. The quantitative estimate of drug-likeness (QED) is 0.242. The zero-order valence-electron chi connectivity index (χ0n) is 19.0. The van der Waals surface area contributed by atoms with Gasteiger partial charge in [0.05, 0.1) is 16.8 Å². The average molecular weight is 481 g/mol. The van der Waals surface area contributed by atoms with E-state index >= 15 is 0 Å². The minimum Gasteiger partial charge on any atom is -0.487 e. The summed E-state index contributed by atoms with van der Waals surface area (Å²) in [6.07, 6.45) is 6.74. The number of nitrogens with two attached hydrogens (primary N) is 1. The molecule has 2 aromatic carbocycles. The predicted octanol–water partition coefficient (Wildman–Crippen LogP) is 4.87. The van der Waals surface area contributed by atoms with Crippen molar-refractivity contribution in [3.63, 3.8) is 0 Å². The van der Waals surface area contributed by atoms with Gasteiger partial charge in [-0.1, -0.05) is 53.5 Å². The molecular weight excluding hydrogens is 452 g/mol. The molecule has 3 N–H and O–H groups in total. The number of oxime groups is 1. The van der Waals surface area contributed by atoms with Crippen molar-refractivity contribution in [2.24, 2.45) is 5.16 Å². The summed E-state index contributed by atoms with van der Waals surface area (Å²) < 4.78 is 5.84. The van der Waals surface area contributed by atoms with E-state index < -0.39 is 0 Å². The fraction of sp³-hybridized carbons (Fsp3) is 0.320. The Bertz CT molecular complexity index is 1090. The second kappa shape index (κ2) is 12.2. The number of ether oxygens (including phenoxy) is 1. The molecule has 0 radical (unpaired) electrons. The highest BCUT2D eigenvalue weighted by Crippen LogP contribution is 2.30. The van der Waals surface area contributed by atoms with Gasteiger partial charge in [-0.15, -0.1) is 0 Å². The van der Waals surface area contributed by atoms with Crippen molar-refractivity contribution in [1.82, 2.24) is 14.9 Å². The lowest BCUT2D eigenvalue weighted by Gasteiger charge is -2.25. The molecule has 8 nitrogen and oxygen atoms in total. The Morgan fingerprint density at radius 1 is 1.09 bits per heavy atom. The van der Waals surface area contributed by atoms with Crippen molar-refractivity contribution in [3.05, 3.63) is 71.0 Å². The zero-order valence-corrected chi connectivity index (χ0v) is 19.7. The van der Waals surface area contributed by atoms with Crippen LogP contribution >= 0.6 is 11.6 Å². The van der Waals surface area contributed by atoms with E-state index in [9.17, 15) is 0 Å². The van der Waals surface area contributed by atoms with E-state index in [1.54, 1.807) is 6.07 Å². The second-order valence-corrected chi connectivity index (χ2v) is 8.44. The maximum absolute atomic E-state index is 6.44. The normalized spacial score (nSPS) is 14.3. The Balaban J connectivity index is 1.35. The lowest BCUT2D eigenvalue weighted by Crippen LogP contribution is -2.32. The predicted molar refractivity (Wildman–Crippen MR) is 136 cm³/mol. The van der Waals surface area contributed by atoms with Crippen molar-refractivity contribution >= 4 is 35.1 Å². The van der Waals surface area contributed by atoms with Crippen LogP contribution < -0.4 is 15.8 Å². The summed E-state index contributed by atoms with van der Waals surface area (Å²) in [5.74, 6) is 1.40. The molecule has 34 heavy (non-hydrogen) atoms. The lowest BCUT2D eigenvalue weighted by atomic mass is 10.1. The topological polar surface area (TPSA) is 97.9 Å². The summed E-state index contributed by atoms with van der Waals surface area (Å²) in [6, 6.07) is 15.4. The number of aromatic nitrogens is 2. The lowest BCUT2D eigenvalue weighted by molar-refractivity contribution is 0.103. The van der Waals surface area contributed by atoms with Gasteiger partial charge in [-0.3, -0.25) is 4.90 Å². The molecule has 3 aromatic rings. The molecule has 1 aliphatic heterocycles. The van der Waals surface area contributed by atoms with Gasteiger partial charge in [0.1, 0.15) is 36.9 Å². The van der Waals surface area contributed by atoms with Crippen LogP contribution in [0, 0.1) is 0 Å². The molecule has 1 saturated heterocycles. The van der Waals surface area contributed by atoms with Gasteiger partial charge in [0.25, 0.3) is 0 Å². The summed E-state index contributed by atoms with van der Waals surface area (Å²) in [5.41, 5.74) is 8.41. The number of nitrogens with zero attached hydrogens (tertiary/aromatic N) is 4. The second-order valence-electron chi connectivity index (χ2n) is 8.04. The highest BCUT2D eigenvalue weighted by molar-refractivity contribution is 6.32. The van der Waals surface area contributed by atoms with E-state index in [-0.39, 0.29) is 0 Å². The Morgan fingerprint density at radius 2 is 1.91 bits per heavy atom. The van der Waals surface area contributed by atoms with Crippen molar-refractivity contribution in [1.29, 1.82) is 0 Å². The first kappa shape index (κ1) is 23.8. The molecule has 0 spiro atoms. The molecule has 9 heteroatoms. The molecule has 0 aliphatic carbocycles. The summed E-state index contributed by atoms with van der Waals surface area (Å²) in [5, 5.41) is 7.78. The van der Waals surface area contributed by atoms with Crippen molar-refractivity contribution in [3.8, 4) is 5.75 Å². The van der Waals surface area contributed by atoms with Gasteiger partial charge in [0.2, 0.25) is 0 Å². The number of anilines is 3. The Labute approximate surface area is 204 Å². The van der Waals surface area contributed by atoms with Crippen LogP contribution in [0.3, 0.4) is 0 Å². The number of hydrogen-bond donors (Lipinski definition) is 2. The third-order valence-electron chi connectivity index (χ3n) is 5.55. The molecule has 0 saturated carbocycles. The van der Waals surface area contributed by atoms with Gasteiger partial charge in [-0.2, -0.15) is 0 Å². The van der Waals surface area contributed by atoms with E-state index in [4.69, 9.17) is 26.9 Å². The monoisotopic (exact) mass is 480 g/mol. The number of halogens is 1. The number of likely N-dealkylation sites (tertiary alicyclic amines) is 1. The summed E-state index contributed by atoms with van der Waals surface area (Å²) >= 11 is 6.44. The van der Waals surface area contributed by atoms with E-state index in [0.717, 1.165) is 30.9 Å². The molecule has 178 valence electrons. The van der Waals surface area contributed by atoms with E-state index in [1.165, 1.54) is 31.8 Å². The van der Waals surface area contributed by atoms with Crippen LogP contribution in [0.4, 0.5) is 17.3 Å². The fourth-order valence-electron chi connectivity index (χ4n) is 3.70. The summed E-state index contributed by atoms with van der Waals surface area (Å²) in [6.45, 7) is 4.07. The van der Waals surface area contributed by atoms with Crippen molar-refractivity contribution in [2.75, 3.05) is 37.3 Å². The van der Waals surface area contributed by atoms with Crippen LogP contribution in [0.5, 0.6) is 5.75 Å². The number of hydrogen-bond acceptors (Lipinski definition) is 8. The molecule has 4 rings (SSSR count). The molecular formula is C25H29ClN6O2. The van der Waals surface area contributed by atoms with Crippen LogP contribution in [0.25, 0.3) is 0 Å². The summed E-state index contributed by atoms with van der Waals surface area (Å²) in [7, 11) is 0. The number of rotatable bonds is 10. The maximum atomic E-state index is 6.44. The number of piperidine rings is 1. The van der Waals surface area contributed by atoms with Crippen LogP contribution in [0.1, 0.15) is 30.4 Å². The van der Waals surface area contributed by atoms with Crippen molar-refractivity contribution in [2.45, 2.75) is 25.9 Å². The van der Waals surface area contributed by atoms with Gasteiger partial charge in [0.15, 0.2) is 0 Å². The van der Waals surface area contributed by atoms with Crippen LogP contribution in [0.2, 0.25) is 5.02 Å². The van der Waals surface area contributed by atoms with E-state index in [0.29, 0.717) is 41.2 Å². The molecule has 0 unspecified atom stereocenters. The van der Waals surface area contributed by atoms with Gasteiger partial charge >= 0.3 is 0 Å². The molecule has 0 atom stereocenters. The van der Waals surface area contributed by atoms with Crippen LogP contribution in [-0.2, 0) is 11.4 Å². The Morgan fingerprint density at radius 3 is 2.71 bits per heavy atom. The van der Waals surface area contributed by atoms with Gasteiger partial charge in [0, 0.05) is 12.2 Å². The molecule has 1 fully saturated rings. The Kier molecular flexibility index (Phi) is 8.54. The Hall–Kier alpha value is -3.36. The van der Waals surface area contributed by atoms with Gasteiger partial charge < -0.3 is 20.6 Å². The fourth-order valence-corrected chi connectivity index (χ4v) is 3.93. The third-order valence-corrected chi connectivity index (χ3v) is 5.85. The maximum Gasteiger partial charge on any atom is 0.144 e. The smallest absolute Gasteiger partial charge is 0.144 e. The number of benzene rings is 2.